The van der Waals surface area contributed by atoms with E-state index >= 15 is 0 Å². The second-order valence-electron chi connectivity index (χ2n) is 7.65. The Bertz CT molecular complexity index is 939. The van der Waals surface area contributed by atoms with E-state index in [9.17, 15) is 0 Å². The summed E-state index contributed by atoms with van der Waals surface area (Å²) in [7, 11) is 1.69. The first kappa shape index (κ1) is 18.5. The van der Waals surface area contributed by atoms with E-state index in [4.69, 9.17) is 4.74 Å². The molecule has 0 unspecified atom stereocenters. The normalized spacial score (nSPS) is 16.0. The first-order chi connectivity index (χ1) is 13.6. The van der Waals surface area contributed by atoms with E-state index in [0.717, 1.165) is 48.6 Å². The molecule has 2 aromatic carbocycles. The standard InChI is InChI=1S/C22H27N5O/c1-16-9-7-10-17(2)20(16)27-21(24-25-26-27)22(13-5-4-6-14-22)23-18-11-8-12-19(15-18)28-3/h7-12,15,23H,4-6,13-14H2,1-3H3. The number of tetrazole rings is 1. The van der Waals surface area contributed by atoms with Gasteiger partial charge in [0.25, 0.3) is 0 Å². The Kier molecular flexibility index (Phi) is 5.03. The Balaban J connectivity index is 1.80. The van der Waals surface area contributed by atoms with Crippen LogP contribution in [0.25, 0.3) is 5.69 Å². The molecule has 6 heteroatoms. The van der Waals surface area contributed by atoms with Crippen molar-refractivity contribution in [1.29, 1.82) is 0 Å². The number of aromatic nitrogens is 4. The molecule has 0 bridgehead atoms. The number of aryl methyl sites for hydroxylation is 2. The van der Waals surface area contributed by atoms with Crippen LogP contribution in [0.5, 0.6) is 5.75 Å². The lowest BCUT2D eigenvalue weighted by atomic mass is 9.80. The highest BCUT2D eigenvalue weighted by atomic mass is 16.5. The van der Waals surface area contributed by atoms with Gasteiger partial charge in [0.05, 0.1) is 18.3 Å². The molecule has 28 heavy (non-hydrogen) atoms. The maximum atomic E-state index is 5.41. The molecule has 146 valence electrons. The number of nitrogens with zero attached hydrogens (tertiary/aromatic N) is 4. The molecule has 1 fully saturated rings. The van der Waals surface area contributed by atoms with Crippen LogP contribution in [0.2, 0.25) is 0 Å². The maximum absolute atomic E-state index is 5.41. The number of rotatable bonds is 5. The van der Waals surface area contributed by atoms with E-state index < -0.39 is 0 Å². The summed E-state index contributed by atoms with van der Waals surface area (Å²) in [6, 6.07) is 14.4. The Hall–Kier alpha value is -2.89. The molecule has 1 aromatic heterocycles. The van der Waals surface area contributed by atoms with E-state index in [1.165, 1.54) is 17.5 Å². The zero-order valence-corrected chi connectivity index (χ0v) is 16.8. The Labute approximate surface area is 165 Å². The van der Waals surface area contributed by atoms with Crippen molar-refractivity contribution in [2.45, 2.75) is 51.5 Å². The number of ether oxygens (including phenoxy) is 1. The largest absolute Gasteiger partial charge is 0.497 e. The lowest BCUT2D eigenvalue weighted by molar-refractivity contribution is 0.309. The highest BCUT2D eigenvalue weighted by Gasteiger charge is 2.39. The van der Waals surface area contributed by atoms with Crippen molar-refractivity contribution in [1.82, 2.24) is 20.2 Å². The number of anilines is 1. The summed E-state index contributed by atoms with van der Waals surface area (Å²) in [5, 5.41) is 16.8. The fraction of sp³-hybridized carbons (Fsp3) is 0.409. The van der Waals surface area contributed by atoms with Crippen LogP contribution in [0.3, 0.4) is 0 Å². The minimum Gasteiger partial charge on any atom is -0.497 e. The zero-order chi connectivity index (χ0) is 19.6. The smallest absolute Gasteiger partial charge is 0.181 e. The Morgan fingerprint density at radius 1 is 1.00 bits per heavy atom. The number of nitrogens with one attached hydrogen (secondary N) is 1. The zero-order valence-electron chi connectivity index (χ0n) is 16.8. The monoisotopic (exact) mass is 377 g/mol. The van der Waals surface area contributed by atoms with Crippen LogP contribution in [0, 0.1) is 13.8 Å². The summed E-state index contributed by atoms with van der Waals surface area (Å²) in [4.78, 5) is 0. The molecule has 0 amide bonds. The second-order valence-corrected chi connectivity index (χ2v) is 7.65. The molecule has 0 atom stereocenters. The van der Waals surface area contributed by atoms with Gasteiger partial charge in [-0.1, -0.05) is 43.5 Å². The molecule has 0 radical (unpaired) electrons. The number of hydrogen-bond donors (Lipinski definition) is 1. The van der Waals surface area contributed by atoms with Gasteiger partial charge in [0.15, 0.2) is 5.82 Å². The van der Waals surface area contributed by atoms with Crippen molar-refractivity contribution >= 4 is 5.69 Å². The van der Waals surface area contributed by atoms with Gasteiger partial charge in [-0.25, -0.2) is 0 Å². The highest BCUT2D eigenvalue weighted by Crippen LogP contribution is 2.40. The van der Waals surface area contributed by atoms with Crippen molar-refractivity contribution in [2.24, 2.45) is 0 Å². The van der Waals surface area contributed by atoms with Crippen LogP contribution in [-0.2, 0) is 5.54 Å². The van der Waals surface area contributed by atoms with E-state index in [2.05, 4.69) is 59.0 Å². The van der Waals surface area contributed by atoms with Gasteiger partial charge in [0.2, 0.25) is 0 Å². The summed E-state index contributed by atoms with van der Waals surface area (Å²) in [5.41, 5.74) is 4.13. The average Bonchev–Trinajstić information content (AvgIpc) is 3.19. The third-order valence-corrected chi connectivity index (χ3v) is 5.71. The lowest BCUT2D eigenvalue weighted by Crippen LogP contribution is -2.40. The van der Waals surface area contributed by atoms with Gasteiger partial charge in [-0.05, 0) is 60.4 Å². The summed E-state index contributed by atoms with van der Waals surface area (Å²) in [5.74, 6) is 1.72. The van der Waals surface area contributed by atoms with Crippen molar-refractivity contribution in [3.63, 3.8) is 0 Å². The molecule has 1 aliphatic carbocycles. The maximum Gasteiger partial charge on any atom is 0.181 e. The van der Waals surface area contributed by atoms with Gasteiger partial charge in [-0.15, -0.1) is 5.10 Å². The molecule has 0 spiro atoms. The number of hydrogen-bond acceptors (Lipinski definition) is 5. The highest BCUT2D eigenvalue weighted by molar-refractivity contribution is 5.52. The first-order valence-electron chi connectivity index (χ1n) is 9.91. The molecular formula is C22H27N5O. The third kappa shape index (κ3) is 3.35. The van der Waals surface area contributed by atoms with E-state index in [-0.39, 0.29) is 5.54 Å². The van der Waals surface area contributed by atoms with Gasteiger partial charge >= 0.3 is 0 Å². The SMILES string of the molecule is COc1cccc(NC2(c3nnnn3-c3c(C)cccc3C)CCCCC2)c1. The predicted octanol–water partition coefficient (Wildman–Crippen LogP) is 4.56. The van der Waals surface area contributed by atoms with Crippen LogP contribution in [-0.4, -0.2) is 27.3 Å². The summed E-state index contributed by atoms with van der Waals surface area (Å²) in [6.45, 7) is 4.22. The predicted molar refractivity (Wildman–Crippen MR) is 110 cm³/mol. The average molecular weight is 377 g/mol. The molecular weight excluding hydrogens is 350 g/mol. The molecule has 1 aliphatic rings. The van der Waals surface area contributed by atoms with Crippen LogP contribution < -0.4 is 10.1 Å². The summed E-state index contributed by atoms with van der Waals surface area (Å²) in [6.07, 6.45) is 5.53. The fourth-order valence-electron chi connectivity index (χ4n) is 4.31. The Morgan fingerprint density at radius 2 is 1.71 bits per heavy atom. The fourth-order valence-corrected chi connectivity index (χ4v) is 4.31. The summed E-state index contributed by atoms with van der Waals surface area (Å²) >= 11 is 0. The van der Waals surface area contributed by atoms with Crippen molar-refractivity contribution in [2.75, 3.05) is 12.4 Å². The van der Waals surface area contributed by atoms with E-state index in [0.29, 0.717) is 0 Å². The minimum atomic E-state index is -0.303. The summed E-state index contributed by atoms with van der Waals surface area (Å²) < 4.78 is 7.34. The van der Waals surface area contributed by atoms with Crippen LogP contribution in [0.4, 0.5) is 5.69 Å². The van der Waals surface area contributed by atoms with Crippen molar-refractivity contribution in [3.8, 4) is 11.4 Å². The first-order valence-corrected chi connectivity index (χ1v) is 9.91. The second kappa shape index (κ2) is 7.62. The van der Waals surface area contributed by atoms with Gasteiger partial charge in [-0.2, -0.15) is 4.68 Å². The third-order valence-electron chi connectivity index (χ3n) is 5.71. The van der Waals surface area contributed by atoms with Crippen molar-refractivity contribution in [3.05, 3.63) is 59.4 Å². The van der Waals surface area contributed by atoms with Crippen LogP contribution in [0.15, 0.2) is 42.5 Å². The molecule has 3 aromatic rings. The van der Waals surface area contributed by atoms with Crippen molar-refractivity contribution < 1.29 is 4.74 Å². The molecule has 4 rings (SSSR count). The lowest BCUT2D eigenvalue weighted by Gasteiger charge is -2.38. The van der Waals surface area contributed by atoms with Gasteiger partial charge < -0.3 is 10.1 Å². The number of methoxy groups -OCH3 is 1. The quantitative estimate of drug-likeness (QED) is 0.706. The van der Waals surface area contributed by atoms with E-state index in [1.54, 1.807) is 7.11 Å². The molecule has 6 nitrogen and oxygen atoms in total. The molecule has 1 saturated carbocycles. The van der Waals surface area contributed by atoms with Gasteiger partial charge in [0.1, 0.15) is 5.75 Å². The van der Waals surface area contributed by atoms with Gasteiger partial charge in [0, 0.05) is 11.8 Å². The van der Waals surface area contributed by atoms with Gasteiger partial charge in [-0.3, -0.25) is 0 Å². The van der Waals surface area contributed by atoms with E-state index in [1.807, 2.05) is 22.9 Å². The minimum absolute atomic E-state index is 0.303. The van der Waals surface area contributed by atoms with Crippen LogP contribution in [0.1, 0.15) is 49.1 Å². The van der Waals surface area contributed by atoms with Crippen LogP contribution >= 0.6 is 0 Å². The molecule has 0 aliphatic heterocycles. The number of benzene rings is 2. The molecule has 1 heterocycles. The topological polar surface area (TPSA) is 64.9 Å². The molecule has 0 saturated heterocycles. The Morgan fingerprint density at radius 3 is 2.43 bits per heavy atom. The molecule has 1 N–H and O–H groups in total. The number of para-hydroxylation sites is 1.